The number of halogens is 1. The highest BCUT2D eigenvalue weighted by atomic mass is 32.2. The molecule has 3 aromatic carbocycles. The molecule has 0 radical (unpaired) electrons. The second-order valence-corrected chi connectivity index (χ2v) is 10.5. The summed E-state index contributed by atoms with van der Waals surface area (Å²) in [5.74, 6) is 1.43. The second-order valence-electron chi connectivity index (χ2n) is 8.65. The van der Waals surface area contributed by atoms with E-state index in [9.17, 15) is 12.8 Å². The van der Waals surface area contributed by atoms with E-state index in [1.54, 1.807) is 25.3 Å². The van der Waals surface area contributed by atoms with Crippen LogP contribution in [0, 0.1) is 5.82 Å². The van der Waals surface area contributed by atoms with Gasteiger partial charge in [-0.1, -0.05) is 12.1 Å². The first-order valence-corrected chi connectivity index (χ1v) is 12.9. The van der Waals surface area contributed by atoms with Crippen LogP contribution < -0.4 is 18.5 Å². The fraction of sp³-hybridized carbons (Fsp3) is 0.308. The summed E-state index contributed by atoms with van der Waals surface area (Å²) in [5, 5.41) is 0. The number of rotatable bonds is 7. The van der Waals surface area contributed by atoms with Gasteiger partial charge in [0.2, 0.25) is 6.79 Å². The zero-order chi connectivity index (χ0) is 24.4. The number of piperidine rings is 1. The summed E-state index contributed by atoms with van der Waals surface area (Å²) < 4.78 is 58.7. The van der Waals surface area contributed by atoms with Gasteiger partial charge in [-0.25, -0.2) is 12.8 Å². The molecule has 1 fully saturated rings. The van der Waals surface area contributed by atoms with E-state index < -0.39 is 15.8 Å². The molecule has 5 rings (SSSR count). The molecule has 0 aliphatic carbocycles. The molecular formula is C26H27FN2O5S. The Morgan fingerprint density at radius 2 is 1.66 bits per heavy atom. The Bertz CT molecular complexity index is 1270. The predicted octanol–water partition coefficient (Wildman–Crippen LogP) is 4.42. The SMILES string of the molecule is COc1ccc(CN2CCC(N(c3ccc4c(c3)OCO4)S(=O)(=O)c3ccc(F)cc3)CC2)cc1. The van der Waals surface area contributed by atoms with Crippen molar-refractivity contribution in [2.45, 2.75) is 30.3 Å². The van der Waals surface area contributed by atoms with E-state index in [0.717, 1.165) is 25.4 Å². The molecule has 9 heteroatoms. The fourth-order valence-electron chi connectivity index (χ4n) is 4.59. The summed E-state index contributed by atoms with van der Waals surface area (Å²) in [4.78, 5) is 2.37. The Morgan fingerprint density at radius 3 is 2.34 bits per heavy atom. The molecule has 184 valence electrons. The summed E-state index contributed by atoms with van der Waals surface area (Å²) in [7, 11) is -2.29. The molecule has 3 aromatic rings. The lowest BCUT2D eigenvalue weighted by Crippen LogP contribution is -2.47. The first-order valence-electron chi connectivity index (χ1n) is 11.5. The number of ether oxygens (including phenoxy) is 3. The second kappa shape index (κ2) is 9.75. The van der Waals surface area contributed by atoms with Gasteiger partial charge in [-0.3, -0.25) is 9.21 Å². The molecule has 2 aliphatic heterocycles. The van der Waals surface area contributed by atoms with Crippen molar-refractivity contribution >= 4 is 15.7 Å². The number of likely N-dealkylation sites (tertiary alicyclic amines) is 1. The Kier molecular flexibility index (Phi) is 6.53. The van der Waals surface area contributed by atoms with Crippen molar-refractivity contribution < 1.29 is 27.0 Å². The molecule has 0 atom stereocenters. The van der Waals surface area contributed by atoms with Crippen molar-refractivity contribution in [1.29, 1.82) is 0 Å². The smallest absolute Gasteiger partial charge is 0.264 e. The number of fused-ring (bicyclic) bond motifs is 1. The summed E-state index contributed by atoms with van der Waals surface area (Å²) in [6.07, 6.45) is 1.32. The van der Waals surface area contributed by atoms with Gasteiger partial charge in [0.05, 0.1) is 17.7 Å². The minimum atomic E-state index is -3.93. The van der Waals surface area contributed by atoms with Crippen LogP contribution in [0.25, 0.3) is 0 Å². The third-order valence-electron chi connectivity index (χ3n) is 6.44. The van der Waals surface area contributed by atoms with Crippen molar-refractivity contribution in [3.63, 3.8) is 0 Å². The lowest BCUT2D eigenvalue weighted by Gasteiger charge is -2.39. The van der Waals surface area contributed by atoms with Gasteiger partial charge < -0.3 is 14.2 Å². The van der Waals surface area contributed by atoms with Crippen molar-refractivity contribution in [2.24, 2.45) is 0 Å². The van der Waals surface area contributed by atoms with E-state index in [1.807, 2.05) is 24.3 Å². The summed E-state index contributed by atoms with van der Waals surface area (Å²) in [6.45, 7) is 2.38. The molecule has 0 unspecified atom stereocenters. The highest BCUT2D eigenvalue weighted by molar-refractivity contribution is 7.92. The van der Waals surface area contributed by atoms with Crippen molar-refractivity contribution in [3.8, 4) is 17.2 Å². The molecule has 35 heavy (non-hydrogen) atoms. The van der Waals surface area contributed by atoms with Crippen LogP contribution in [0.5, 0.6) is 17.2 Å². The minimum absolute atomic E-state index is 0.0530. The maximum atomic E-state index is 13.8. The van der Waals surface area contributed by atoms with Gasteiger partial charge in [0.15, 0.2) is 11.5 Å². The monoisotopic (exact) mass is 498 g/mol. The van der Waals surface area contributed by atoms with Crippen LogP contribution in [-0.4, -0.2) is 46.4 Å². The molecule has 0 saturated carbocycles. The first kappa shape index (κ1) is 23.4. The van der Waals surface area contributed by atoms with Crippen molar-refractivity contribution in [1.82, 2.24) is 4.90 Å². The van der Waals surface area contributed by atoms with E-state index in [1.165, 1.54) is 34.1 Å². The molecule has 0 aromatic heterocycles. The van der Waals surface area contributed by atoms with Gasteiger partial charge >= 0.3 is 0 Å². The number of sulfonamides is 1. The normalized spacial score (nSPS) is 16.3. The maximum Gasteiger partial charge on any atom is 0.264 e. The molecule has 0 amide bonds. The molecule has 0 N–H and O–H groups in total. The highest BCUT2D eigenvalue weighted by Gasteiger charge is 2.35. The topological polar surface area (TPSA) is 68.3 Å². The highest BCUT2D eigenvalue weighted by Crippen LogP contribution is 2.39. The largest absolute Gasteiger partial charge is 0.497 e. The lowest BCUT2D eigenvalue weighted by atomic mass is 10.0. The van der Waals surface area contributed by atoms with Crippen LogP contribution >= 0.6 is 0 Å². The molecular weight excluding hydrogens is 471 g/mol. The van der Waals surface area contributed by atoms with Crippen molar-refractivity contribution in [2.75, 3.05) is 31.3 Å². The molecule has 7 nitrogen and oxygen atoms in total. The van der Waals surface area contributed by atoms with Gasteiger partial charge in [0.25, 0.3) is 10.0 Å². The Morgan fingerprint density at radius 1 is 0.971 bits per heavy atom. The van der Waals surface area contributed by atoms with Gasteiger partial charge in [-0.15, -0.1) is 0 Å². The lowest BCUT2D eigenvalue weighted by molar-refractivity contribution is 0.174. The maximum absolute atomic E-state index is 13.8. The average molecular weight is 499 g/mol. The molecule has 2 aliphatic rings. The molecule has 1 saturated heterocycles. The standard InChI is InChI=1S/C26H27FN2O5S/c1-32-23-7-2-19(3-8-23)17-28-14-12-21(13-15-28)29(22-6-11-25-26(16-22)34-18-33-25)35(30,31)24-9-4-20(27)5-10-24/h2-11,16,21H,12-15,17-18H2,1H3. The molecule has 0 bridgehead atoms. The van der Waals surface area contributed by atoms with Gasteiger partial charge in [-0.05, 0) is 66.9 Å². The van der Waals surface area contributed by atoms with Gasteiger partial charge in [-0.2, -0.15) is 0 Å². The van der Waals surface area contributed by atoms with E-state index in [2.05, 4.69) is 4.90 Å². The average Bonchev–Trinajstić information content (AvgIpc) is 3.34. The quantitative estimate of drug-likeness (QED) is 0.480. The Hall–Kier alpha value is -3.30. The zero-order valence-electron chi connectivity index (χ0n) is 19.4. The van der Waals surface area contributed by atoms with Gasteiger partial charge in [0.1, 0.15) is 11.6 Å². The minimum Gasteiger partial charge on any atom is -0.497 e. The van der Waals surface area contributed by atoms with Crippen LogP contribution in [0.1, 0.15) is 18.4 Å². The van der Waals surface area contributed by atoms with E-state index >= 15 is 0 Å². The number of hydrogen-bond acceptors (Lipinski definition) is 6. The van der Waals surface area contributed by atoms with Crippen LogP contribution in [-0.2, 0) is 16.6 Å². The number of anilines is 1. The number of hydrogen-bond donors (Lipinski definition) is 0. The van der Waals surface area contributed by atoms with Crippen LogP contribution in [0.3, 0.4) is 0 Å². The summed E-state index contributed by atoms with van der Waals surface area (Å²) in [6, 6.07) is 17.8. The number of methoxy groups -OCH3 is 1. The van der Waals surface area contributed by atoms with E-state index in [4.69, 9.17) is 14.2 Å². The fourth-order valence-corrected chi connectivity index (χ4v) is 6.29. The van der Waals surface area contributed by atoms with Crippen LogP contribution in [0.2, 0.25) is 0 Å². The van der Waals surface area contributed by atoms with Crippen molar-refractivity contribution in [3.05, 3.63) is 78.1 Å². The Labute approximate surface area is 204 Å². The van der Waals surface area contributed by atoms with Crippen LogP contribution in [0.4, 0.5) is 10.1 Å². The number of benzene rings is 3. The summed E-state index contributed by atoms with van der Waals surface area (Å²) >= 11 is 0. The van der Waals surface area contributed by atoms with E-state index in [0.29, 0.717) is 30.0 Å². The number of nitrogens with zero attached hydrogens (tertiary/aromatic N) is 2. The third kappa shape index (κ3) is 4.92. The Balaban J connectivity index is 1.39. The molecule has 0 spiro atoms. The summed E-state index contributed by atoms with van der Waals surface area (Å²) in [5.41, 5.74) is 1.68. The predicted molar refractivity (Wildman–Crippen MR) is 130 cm³/mol. The molecule has 2 heterocycles. The third-order valence-corrected chi connectivity index (χ3v) is 8.33. The van der Waals surface area contributed by atoms with Crippen LogP contribution in [0.15, 0.2) is 71.6 Å². The zero-order valence-corrected chi connectivity index (χ0v) is 20.2. The van der Waals surface area contributed by atoms with E-state index in [-0.39, 0.29) is 17.7 Å². The first-order chi connectivity index (χ1) is 16.9. The van der Waals surface area contributed by atoms with Gasteiger partial charge in [0, 0.05) is 31.7 Å².